The lowest BCUT2D eigenvalue weighted by Crippen LogP contribution is -2.39. The lowest BCUT2D eigenvalue weighted by molar-refractivity contribution is 0.0370. The highest BCUT2D eigenvalue weighted by molar-refractivity contribution is 7.12. The van der Waals surface area contributed by atoms with Crippen molar-refractivity contribution in [1.29, 1.82) is 0 Å². The third-order valence-corrected chi connectivity index (χ3v) is 4.48. The number of hydrogen-bond donors (Lipinski definition) is 2. The van der Waals surface area contributed by atoms with Crippen molar-refractivity contribution in [1.82, 2.24) is 5.32 Å². The Bertz CT molecular complexity index is 594. The van der Waals surface area contributed by atoms with Gasteiger partial charge in [0.05, 0.1) is 11.4 Å². The van der Waals surface area contributed by atoms with Crippen molar-refractivity contribution < 1.29 is 9.90 Å². The van der Waals surface area contributed by atoms with Crippen LogP contribution in [0.4, 0.5) is 0 Å². The zero-order valence-corrected chi connectivity index (χ0v) is 11.2. The minimum absolute atomic E-state index is 0.118. The number of rotatable bonds is 3. The average molecular weight is 273 g/mol. The molecule has 19 heavy (non-hydrogen) atoms. The standard InChI is InChI=1S/C15H15NO2S/c17-14(13-6-3-9-19-13)16-10-15(18)8-7-11-4-1-2-5-12(11)15/h1-6,9,18H,7-8,10H2,(H,16,17). The van der Waals surface area contributed by atoms with Crippen LogP contribution in [0.1, 0.15) is 27.2 Å². The molecule has 3 nitrogen and oxygen atoms in total. The van der Waals surface area contributed by atoms with E-state index in [0.717, 1.165) is 12.0 Å². The van der Waals surface area contributed by atoms with Gasteiger partial charge in [-0.3, -0.25) is 4.79 Å². The number of thiophene rings is 1. The van der Waals surface area contributed by atoms with Gasteiger partial charge in [-0.2, -0.15) is 0 Å². The molecule has 0 bridgehead atoms. The van der Waals surface area contributed by atoms with Crippen LogP contribution in [0.3, 0.4) is 0 Å². The smallest absolute Gasteiger partial charge is 0.261 e. The average Bonchev–Trinajstić information content (AvgIpc) is 3.06. The van der Waals surface area contributed by atoms with E-state index < -0.39 is 5.60 Å². The molecule has 0 fully saturated rings. The Morgan fingerprint density at radius 1 is 1.32 bits per heavy atom. The van der Waals surface area contributed by atoms with Crippen LogP contribution in [0.5, 0.6) is 0 Å². The first-order valence-electron chi connectivity index (χ1n) is 6.31. The Morgan fingerprint density at radius 3 is 2.95 bits per heavy atom. The summed E-state index contributed by atoms with van der Waals surface area (Å²) in [6, 6.07) is 11.5. The quantitative estimate of drug-likeness (QED) is 0.901. The lowest BCUT2D eigenvalue weighted by Gasteiger charge is -2.24. The van der Waals surface area contributed by atoms with Crippen molar-refractivity contribution >= 4 is 17.2 Å². The first-order valence-corrected chi connectivity index (χ1v) is 7.19. The molecule has 2 N–H and O–H groups in total. The number of carbonyl (C=O) groups excluding carboxylic acids is 1. The Labute approximate surface area is 115 Å². The summed E-state index contributed by atoms with van der Waals surface area (Å²) in [5, 5.41) is 15.4. The minimum atomic E-state index is -0.927. The number of nitrogens with one attached hydrogen (secondary N) is 1. The van der Waals surface area contributed by atoms with Gasteiger partial charge in [-0.25, -0.2) is 0 Å². The number of benzene rings is 1. The molecule has 0 radical (unpaired) electrons. The second-order valence-electron chi connectivity index (χ2n) is 4.85. The second kappa shape index (κ2) is 4.79. The number of aryl methyl sites for hydroxylation is 1. The largest absolute Gasteiger partial charge is 0.383 e. The summed E-state index contributed by atoms with van der Waals surface area (Å²) in [6.07, 6.45) is 1.53. The van der Waals surface area contributed by atoms with Gasteiger partial charge < -0.3 is 10.4 Å². The highest BCUT2D eigenvalue weighted by Crippen LogP contribution is 2.36. The molecule has 2 aromatic rings. The topological polar surface area (TPSA) is 49.3 Å². The van der Waals surface area contributed by atoms with Gasteiger partial charge in [-0.15, -0.1) is 11.3 Å². The molecule has 0 saturated heterocycles. The van der Waals surface area contributed by atoms with E-state index in [9.17, 15) is 9.90 Å². The van der Waals surface area contributed by atoms with Crippen LogP contribution in [0.15, 0.2) is 41.8 Å². The summed E-state index contributed by atoms with van der Waals surface area (Å²) >= 11 is 1.40. The van der Waals surface area contributed by atoms with E-state index >= 15 is 0 Å². The Kier molecular flexibility index (Phi) is 3.12. The van der Waals surface area contributed by atoms with E-state index in [4.69, 9.17) is 0 Å². The molecule has 1 heterocycles. The molecule has 0 saturated carbocycles. The zero-order chi connectivity index (χ0) is 13.3. The first-order chi connectivity index (χ1) is 9.19. The van der Waals surface area contributed by atoms with E-state index in [1.165, 1.54) is 16.9 Å². The lowest BCUT2D eigenvalue weighted by atomic mass is 9.96. The zero-order valence-electron chi connectivity index (χ0n) is 10.4. The monoisotopic (exact) mass is 273 g/mol. The van der Waals surface area contributed by atoms with E-state index in [1.54, 1.807) is 6.07 Å². The molecule has 1 aliphatic rings. The molecule has 0 aliphatic heterocycles. The summed E-state index contributed by atoms with van der Waals surface area (Å²) in [5.74, 6) is -0.118. The van der Waals surface area contributed by atoms with Crippen LogP contribution in [0.25, 0.3) is 0 Å². The van der Waals surface area contributed by atoms with E-state index in [1.807, 2.05) is 35.7 Å². The molecule has 0 spiro atoms. The number of amides is 1. The normalized spacial score (nSPS) is 21.1. The molecule has 4 heteroatoms. The van der Waals surface area contributed by atoms with Crippen LogP contribution < -0.4 is 5.32 Å². The third kappa shape index (κ3) is 2.29. The van der Waals surface area contributed by atoms with Crippen LogP contribution in [-0.2, 0) is 12.0 Å². The maximum atomic E-state index is 11.9. The fourth-order valence-corrected chi connectivity index (χ4v) is 3.21. The summed E-state index contributed by atoms with van der Waals surface area (Å²) in [7, 11) is 0. The number of hydrogen-bond acceptors (Lipinski definition) is 3. The maximum Gasteiger partial charge on any atom is 0.261 e. The van der Waals surface area contributed by atoms with Gasteiger partial charge in [0, 0.05) is 0 Å². The van der Waals surface area contributed by atoms with Crippen molar-refractivity contribution in [3.05, 3.63) is 57.8 Å². The number of fused-ring (bicyclic) bond motifs is 1. The van der Waals surface area contributed by atoms with Crippen molar-refractivity contribution in [3.8, 4) is 0 Å². The number of aliphatic hydroxyl groups is 1. The third-order valence-electron chi connectivity index (χ3n) is 3.61. The van der Waals surface area contributed by atoms with Gasteiger partial charge in [-0.1, -0.05) is 30.3 Å². The fourth-order valence-electron chi connectivity index (χ4n) is 2.57. The molecule has 1 unspecified atom stereocenters. The number of carbonyl (C=O) groups is 1. The van der Waals surface area contributed by atoms with Crippen molar-refractivity contribution in [2.75, 3.05) is 6.54 Å². The van der Waals surface area contributed by atoms with Gasteiger partial charge in [0.1, 0.15) is 5.60 Å². The van der Waals surface area contributed by atoms with Crippen molar-refractivity contribution in [2.24, 2.45) is 0 Å². The van der Waals surface area contributed by atoms with Crippen molar-refractivity contribution in [3.63, 3.8) is 0 Å². The Balaban J connectivity index is 1.72. The van der Waals surface area contributed by atoms with Gasteiger partial charge in [0.25, 0.3) is 5.91 Å². The van der Waals surface area contributed by atoms with Crippen LogP contribution in [0, 0.1) is 0 Å². The highest BCUT2D eigenvalue weighted by atomic mass is 32.1. The minimum Gasteiger partial charge on any atom is -0.383 e. The van der Waals surface area contributed by atoms with Crippen LogP contribution in [0.2, 0.25) is 0 Å². The molecule has 1 aliphatic carbocycles. The summed E-state index contributed by atoms with van der Waals surface area (Å²) < 4.78 is 0. The summed E-state index contributed by atoms with van der Waals surface area (Å²) in [6.45, 7) is 0.265. The molecule has 3 rings (SSSR count). The Morgan fingerprint density at radius 2 is 2.16 bits per heavy atom. The summed E-state index contributed by atoms with van der Waals surface area (Å²) in [5.41, 5.74) is 1.20. The van der Waals surface area contributed by atoms with Crippen molar-refractivity contribution in [2.45, 2.75) is 18.4 Å². The van der Waals surface area contributed by atoms with Gasteiger partial charge in [0.2, 0.25) is 0 Å². The highest BCUT2D eigenvalue weighted by Gasteiger charge is 2.36. The van der Waals surface area contributed by atoms with E-state index in [-0.39, 0.29) is 12.5 Å². The molecule has 1 aromatic carbocycles. The predicted octanol–water partition coefficient (Wildman–Crippen LogP) is 2.31. The molecule has 1 aromatic heterocycles. The van der Waals surface area contributed by atoms with Crippen LogP contribution >= 0.6 is 11.3 Å². The molecular formula is C15H15NO2S. The van der Waals surface area contributed by atoms with Gasteiger partial charge in [-0.05, 0) is 35.4 Å². The molecule has 98 valence electrons. The van der Waals surface area contributed by atoms with E-state index in [0.29, 0.717) is 11.3 Å². The van der Waals surface area contributed by atoms with Gasteiger partial charge >= 0.3 is 0 Å². The fraction of sp³-hybridized carbons (Fsp3) is 0.267. The molecule has 1 atom stereocenters. The predicted molar refractivity (Wildman–Crippen MR) is 75.3 cm³/mol. The molecular weight excluding hydrogens is 258 g/mol. The van der Waals surface area contributed by atoms with Gasteiger partial charge in [0.15, 0.2) is 0 Å². The Hall–Kier alpha value is -1.65. The SMILES string of the molecule is O=C(NCC1(O)CCc2ccccc21)c1cccs1. The summed E-state index contributed by atoms with van der Waals surface area (Å²) in [4.78, 5) is 12.6. The maximum absolute atomic E-state index is 11.9. The first kappa shape index (κ1) is 12.4. The second-order valence-corrected chi connectivity index (χ2v) is 5.80. The molecule has 1 amide bonds. The van der Waals surface area contributed by atoms with E-state index in [2.05, 4.69) is 5.32 Å². The van der Waals surface area contributed by atoms with Crippen LogP contribution in [-0.4, -0.2) is 17.6 Å².